The summed E-state index contributed by atoms with van der Waals surface area (Å²) in [7, 11) is 3.29. The Bertz CT molecular complexity index is 403. The van der Waals surface area contributed by atoms with Crippen molar-refractivity contribution in [2.75, 3.05) is 20.8 Å². The third-order valence-corrected chi connectivity index (χ3v) is 2.28. The van der Waals surface area contributed by atoms with Crippen LogP contribution in [-0.4, -0.2) is 37.7 Å². The van der Waals surface area contributed by atoms with Gasteiger partial charge < -0.3 is 15.4 Å². The van der Waals surface area contributed by atoms with Gasteiger partial charge in [-0.3, -0.25) is 9.98 Å². The number of nitrogens with zero attached hydrogens (tertiary/aromatic N) is 2. The van der Waals surface area contributed by atoms with Crippen molar-refractivity contribution in [3.8, 4) is 0 Å². The van der Waals surface area contributed by atoms with E-state index in [1.165, 1.54) is 6.07 Å². The van der Waals surface area contributed by atoms with Gasteiger partial charge in [0.25, 0.3) is 0 Å². The first-order valence-corrected chi connectivity index (χ1v) is 5.73. The minimum Gasteiger partial charge on any atom is -0.383 e. The van der Waals surface area contributed by atoms with Crippen LogP contribution < -0.4 is 10.6 Å². The highest BCUT2D eigenvalue weighted by Crippen LogP contribution is 2.01. The van der Waals surface area contributed by atoms with Gasteiger partial charge in [-0.1, -0.05) is 0 Å². The number of hydrogen-bond acceptors (Lipinski definition) is 3. The van der Waals surface area contributed by atoms with Gasteiger partial charge in [0, 0.05) is 26.4 Å². The Kier molecular flexibility index (Phi) is 9.40. The number of guanidine groups is 1. The molecule has 0 saturated heterocycles. The Hall–Kier alpha value is -0.960. The largest absolute Gasteiger partial charge is 0.383 e. The molecule has 0 aromatic carbocycles. The number of halogens is 2. The lowest BCUT2D eigenvalue weighted by atomic mass is 10.3. The molecule has 1 unspecified atom stereocenters. The summed E-state index contributed by atoms with van der Waals surface area (Å²) in [5.41, 5.74) is 0.361. The van der Waals surface area contributed by atoms with E-state index in [-0.39, 0.29) is 42.4 Å². The van der Waals surface area contributed by atoms with Crippen molar-refractivity contribution in [3.05, 3.63) is 29.8 Å². The van der Waals surface area contributed by atoms with E-state index in [9.17, 15) is 4.39 Å². The molecule has 0 aliphatic carbocycles. The van der Waals surface area contributed by atoms with Crippen molar-refractivity contribution in [1.29, 1.82) is 0 Å². The zero-order valence-electron chi connectivity index (χ0n) is 11.3. The molecule has 7 heteroatoms. The predicted molar refractivity (Wildman–Crippen MR) is 84.3 cm³/mol. The van der Waals surface area contributed by atoms with Crippen molar-refractivity contribution in [2.24, 2.45) is 4.99 Å². The van der Waals surface area contributed by atoms with Gasteiger partial charge in [-0.2, -0.15) is 0 Å². The lowest BCUT2D eigenvalue weighted by Gasteiger charge is -2.17. The number of aliphatic imine (C=N–C) groups is 1. The fraction of sp³-hybridized carbons (Fsp3) is 0.500. The molecule has 19 heavy (non-hydrogen) atoms. The average molecular weight is 382 g/mol. The molecular weight excluding hydrogens is 362 g/mol. The Morgan fingerprint density at radius 3 is 2.89 bits per heavy atom. The summed E-state index contributed by atoms with van der Waals surface area (Å²) in [4.78, 5) is 8.00. The SMILES string of the molecule is CN=C(NCc1ncccc1F)NC(C)COC.I. The van der Waals surface area contributed by atoms with Crippen molar-refractivity contribution in [2.45, 2.75) is 19.5 Å². The van der Waals surface area contributed by atoms with E-state index < -0.39 is 0 Å². The molecule has 1 rings (SSSR count). The van der Waals surface area contributed by atoms with E-state index in [1.807, 2.05) is 6.92 Å². The first kappa shape index (κ1) is 18.0. The summed E-state index contributed by atoms with van der Waals surface area (Å²) in [5, 5.41) is 6.12. The Balaban J connectivity index is 0.00000324. The third-order valence-electron chi connectivity index (χ3n) is 2.28. The number of hydrogen-bond donors (Lipinski definition) is 2. The zero-order chi connectivity index (χ0) is 13.4. The number of rotatable bonds is 5. The van der Waals surface area contributed by atoms with Crippen molar-refractivity contribution in [3.63, 3.8) is 0 Å². The predicted octanol–water partition coefficient (Wildman–Crippen LogP) is 1.54. The summed E-state index contributed by atoms with van der Waals surface area (Å²) < 4.78 is 18.4. The lowest BCUT2D eigenvalue weighted by Crippen LogP contribution is -2.43. The minimum atomic E-state index is -0.328. The molecule has 1 aromatic rings. The Labute approximate surface area is 130 Å². The molecule has 0 aliphatic heterocycles. The topological polar surface area (TPSA) is 58.5 Å². The molecule has 0 amide bonds. The number of methoxy groups -OCH3 is 1. The number of pyridine rings is 1. The van der Waals surface area contributed by atoms with Crippen molar-refractivity contribution < 1.29 is 9.13 Å². The van der Waals surface area contributed by atoms with Gasteiger partial charge in [-0.05, 0) is 19.1 Å². The molecular formula is C12H20FIN4O. The van der Waals surface area contributed by atoms with Crippen LogP contribution in [0.25, 0.3) is 0 Å². The van der Waals surface area contributed by atoms with Crippen LogP contribution in [0.3, 0.4) is 0 Å². The van der Waals surface area contributed by atoms with Crippen LogP contribution in [0.1, 0.15) is 12.6 Å². The van der Waals surface area contributed by atoms with Crippen LogP contribution in [0.2, 0.25) is 0 Å². The van der Waals surface area contributed by atoms with E-state index in [0.717, 1.165) is 0 Å². The first-order valence-electron chi connectivity index (χ1n) is 5.73. The normalized spacial score (nSPS) is 12.5. The molecule has 5 nitrogen and oxygen atoms in total. The van der Waals surface area contributed by atoms with Crippen molar-refractivity contribution in [1.82, 2.24) is 15.6 Å². The maximum atomic E-state index is 13.3. The summed E-state index contributed by atoms with van der Waals surface area (Å²) in [5.74, 6) is 0.259. The summed E-state index contributed by atoms with van der Waals surface area (Å²) in [6, 6.07) is 3.06. The van der Waals surface area contributed by atoms with Crippen LogP contribution in [0, 0.1) is 5.82 Å². The molecule has 0 radical (unpaired) electrons. The standard InChI is InChI=1S/C12H19FN4O.HI/c1-9(8-18-3)17-12(14-2)16-7-11-10(13)5-4-6-15-11;/h4-6,9H,7-8H2,1-3H3,(H2,14,16,17);1H. The maximum Gasteiger partial charge on any atom is 0.191 e. The van der Waals surface area contributed by atoms with Crippen LogP contribution in [0.4, 0.5) is 4.39 Å². The van der Waals surface area contributed by atoms with Crippen LogP contribution in [0.5, 0.6) is 0 Å². The van der Waals surface area contributed by atoms with Gasteiger partial charge in [0.05, 0.1) is 18.8 Å². The zero-order valence-corrected chi connectivity index (χ0v) is 13.6. The average Bonchev–Trinajstić information content (AvgIpc) is 2.36. The second-order valence-electron chi connectivity index (χ2n) is 3.86. The van der Waals surface area contributed by atoms with E-state index in [1.54, 1.807) is 26.4 Å². The quantitative estimate of drug-likeness (QED) is 0.461. The monoisotopic (exact) mass is 382 g/mol. The highest BCUT2D eigenvalue weighted by Gasteiger charge is 2.06. The minimum absolute atomic E-state index is 0. The second kappa shape index (κ2) is 9.90. The molecule has 0 aliphatic rings. The third kappa shape index (κ3) is 6.67. The molecule has 1 aromatic heterocycles. The van der Waals surface area contributed by atoms with E-state index >= 15 is 0 Å². The van der Waals surface area contributed by atoms with E-state index in [0.29, 0.717) is 18.3 Å². The van der Waals surface area contributed by atoms with Gasteiger partial charge in [0.1, 0.15) is 5.82 Å². The lowest BCUT2D eigenvalue weighted by molar-refractivity contribution is 0.179. The van der Waals surface area contributed by atoms with Gasteiger partial charge in [-0.25, -0.2) is 4.39 Å². The fourth-order valence-corrected chi connectivity index (χ4v) is 1.44. The van der Waals surface area contributed by atoms with Gasteiger partial charge in [0.2, 0.25) is 0 Å². The Morgan fingerprint density at radius 1 is 1.58 bits per heavy atom. The number of ether oxygens (including phenoxy) is 1. The number of aromatic nitrogens is 1. The highest BCUT2D eigenvalue weighted by molar-refractivity contribution is 14.0. The van der Waals surface area contributed by atoms with Gasteiger partial charge in [0.15, 0.2) is 5.96 Å². The molecule has 2 N–H and O–H groups in total. The summed E-state index contributed by atoms with van der Waals surface area (Å²) in [6.45, 7) is 2.82. The van der Waals surface area contributed by atoms with Crippen LogP contribution in [0.15, 0.2) is 23.3 Å². The molecule has 108 valence electrons. The maximum absolute atomic E-state index is 13.3. The number of nitrogens with one attached hydrogen (secondary N) is 2. The molecule has 0 spiro atoms. The Morgan fingerprint density at radius 2 is 2.32 bits per heavy atom. The molecule has 1 atom stereocenters. The smallest absolute Gasteiger partial charge is 0.191 e. The van der Waals surface area contributed by atoms with Gasteiger partial charge in [-0.15, -0.1) is 24.0 Å². The summed E-state index contributed by atoms with van der Waals surface area (Å²) in [6.07, 6.45) is 1.56. The van der Waals surface area contributed by atoms with E-state index in [2.05, 4.69) is 20.6 Å². The molecule has 0 fully saturated rings. The van der Waals surface area contributed by atoms with Crippen LogP contribution >= 0.6 is 24.0 Å². The summed E-state index contributed by atoms with van der Waals surface area (Å²) >= 11 is 0. The molecule has 0 bridgehead atoms. The van der Waals surface area contributed by atoms with E-state index in [4.69, 9.17) is 4.74 Å². The van der Waals surface area contributed by atoms with Crippen LogP contribution in [-0.2, 0) is 11.3 Å². The first-order chi connectivity index (χ1) is 8.67. The molecule has 0 saturated carbocycles. The highest BCUT2D eigenvalue weighted by atomic mass is 127. The van der Waals surface area contributed by atoms with Crippen molar-refractivity contribution >= 4 is 29.9 Å². The molecule has 1 heterocycles. The van der Waals surface area contributed by atoms with Gasteiger partial charge >= 0.3 is 0 Å². The second-order valence-corrected chi connectivity index (χ2v) is 3.86. The fourth-order valence-electron chi connectivity index (χ4n) is 1.44.